The number of nitrogens with zero attached hydrogens (tertiary/aromatic N) is 2. The molecule has 0 N–H and O–H groups in total. The fourth-order valence-electron chi connectivity index (χ4n) is 3.29. The second kappa shape index (κ2) is 8.09. The smallest absolute Gasteiger partial charge is 0.319 e. The van der Waals surface area contributed by atoms with Crippen LogP contribution >= 0.6 is 0 Å². The van der Waals surface area contributed by atoms with Gasteiger partial charge in [-0.2, -0.15) is 0 Å². The van der Waals surface area contributed by atoms with E-state index in [1.54, 1.807) is 31.2 Å². The van der Waals surface area contributed by atoms with Gasteiger partial charge in [0, 0.05) is 17.8 Å². The number of carbonyl (C=O) groups excluding carboxylic acids is 3. The van der Waals surface area contributed by atoms with Gasteiger partial charge in [0.05, 0.1) is 24.7 Å². The topological polar surface area (TPSA) is 116 Å². The number of ketones is 1. The van der Waals surface area contributed by atoms with Crippen LogP contribution in [0.5, 0.6) is 5.75 Å². The summed E-state index contributed by atoms with van der Waals surface area (Å²) in [5, 5.41) is 10.9. The molecule has 29 heavy (non-hydrogen) atoms. The number of anilines is 1. The van der Waals surface area contributed by atoms with Crippen LogP contribution < -0.4 is 9.64 Å². The minimum Gasteiger partial charge on any atom is -0.497 e. The SMILES string of the molecule is CCOC(=O)[C@@H]1C(=O)C(=O)N(c2ccc([N+](=O)[O-])cc2)[C@@H]1c1ccc(OC)cc1. The van der Waals surface area contributed by atoms with Crippen molar-refractivity contribution in [3.63, 3.8) is 0 Å². The molecular weight excluding hydrogens is 380 g/mol. The number of methoxy groups -OCH3 is 1. The number of Topliss-reactive ketones (excluding diaryl/α,β-unsaturated/α-hetero) is 1. The number of amides is 1. The Hall–Kier alpha value is -3.75. The van der Waals surface area contributed by atoms with E-state index in [9.17, 15) is 24.5 Å². The number of nitro benzene ring substituents is 1. The van der Waals surface area contributed by atoms with Gasteiger partial charge >= 0.3 is 5.97 Å². The zero-order chi connectivity index (χ0) is 21.1. The van der Waals surface area contributed by atoms with Gasteiger partial charge in [-0.15, -0.1) is 0 Å². The van der Waals surface area contributed by atoms with Crippen LogP contribution in [0.2, 0.25) is 0 Å². The predicted octanol–water partition coefficient (Wildman–Crippen LogP) is 2.44. The van der Waals surface area contributed by atoms with Gasteiger partial charge in [-0.05, 0) is 36.8 Å². The molecule has 1 heterocycles. The van der Waals surface area contributed by atoms with Crippen LogP contribution in [0.4, 0.5) is 11.4 Å². The van der Waals surface area contributed by atoms with Gasteiger partial charge in [0.25, 0.3) is 11.6 Å². The van der Waals surface area contributed by atoms with E-state index in [-0.39, 0.29) is 18.0 Å². The van der Waals surface area contributed by atoms with Gasteiger partial charge in [-0.25, -0.2) is 0 Å². The molecule has 3 rings (SSSR count). The molecule has 1 fully saturated rings. The van der Waals surface area contributed by atoms with Crippen molar-refractivity contribution >= 4 is 29.0 Å². The average Bonchev–Trinajstić information content (AvgIpc) is 2.99. The van der Waals surface area contributed by atoms with Gasteiger partial charge < -0.3 is 9.47 Å². The van der Waals surface area contributed by atoms with Crippen LogP contribution in [0.15, 0.2) is 48.5 Å². The standard InChI is InChI=1S/C20H18N2O7/c1-3-29-20(25)16-17(12-4-10-15(28-2)11-5-12)21(19(24)18(16)23)13-6-8-14(9-7-13)22(26)27/h4-11,16-17H,3H2,1-2H3/t16-,17+/m0/s1. The molecule has 1 saturated heterocycles. The summed E-state index contributed by atoms with van der Waals surface area (Å²) < 4.78 is 10.2. The number of hydrogen-bond donors (Lipinski definition) is 0. The summed E-state index contributed by atoms with van der Waals surface area (Å²) in [5.41, 5.74) is 0.637. The van der Waals surface area contributed by atoms with E-state index in [1.807, 2.05) is 0 Å². The van der Waals surface area contributed by atoms with E-state index in [4.69, 9.17) is 9.47 Å². The van der Waals surface area contributed by atoms with Crippen molar-refractivity contribution in [1.29, 1.82) is 0 Å². The highest BCUT2D eigenvalue weighted by Crippen LogP contribution is 2.41. The quantitative estimate of drug-likeness (QED) is 0.241. The van der Waals surface area contributed by atoms with Gasteiger partial charge in [0.2, 0.25) is 5.78 Å². The first-order valence-corrected chi connectivity index (χ1v) is 8.81. The Morgan fingerprint density at radius 2 is 1.72 bits per heavy atom. The van der Waals surface area contributed by atoms with E-state index < -0.39 is 34.5 Å². The molecular formula is C20H18N2O7. The Morgan fingerprint density at radius 1 is 1.10 bits per heavy atom. The van der Waals surface area contributed by atoms with Gasteiger partial charge in [0.15, 0.2) is 0 Å². The average molecular weight is 398 g/mol. The molecule has 0 aromatic heterocycles. The largest absolute Gasteiger partial charge is 0.497 e. The summed E-state index contributed by atoms with van der Waals surface area (Å²) in [4.78, 5) is 49.4. The summed E-state index contributed by atoms with van der Waals surface area (Å²) in [6, 6.07) is 10.9. The molecule has 1 aliphatic heterocycles. The van der Waals surface area contributed by atoms with Crippen molar-refractivity contribution in [2.45, 2.75) is 13.0 Å². The lowest BCUT2D eigenvalue weighted by Crippen LogP contribution is -2.31. The lowest BCUT2D eigenvalue weighted by Gasteiger charge is -2.27. The molecule has 2 aromatic rings. The zero-order valence-electron chi connectivity index (χ0n) is 15.7. The first-order valence-electron chi connectivity index (χ1n) is 8.81. The second-order valence-corrected chi connectivity index (χ2v) is 6.26. The minimum absolute atomic E-state index is 0.0592. The van der Waals surface area contributed by atoms with Gasteiger partial charge in [-0.3, -0.25) is 29.4 Å². The summed E-state index contributed by atoms with van der Waals surface area (Å²) in [5.74, 6) is -3.33. The van der Waals surface area contributed by atoms with E-state index in [2.05, 4.69) is 0 Å². The summed E-state index contributed by atoms with van der Waals surface area (Å²) in [6.45, 7) is 1.67. The number of esters is 1. The first-order chi connectivity index (χ1) is 13.9. The molecule has 0 aliphatic carbocycles. The summed E-state index contributed by atoms with van der Waals surface area (Å²) in [7, 11) is 1.50. The fraction of sp³-hybridized carbons (Fsp3) is 0.250. The zero-order valence-corrected chi connectivity index (χ0v) is 15.7. The number of hydrogen-bond acceptors (Lipinski definition) is 7. The Bertz CT molecular complexity index is 954. The van der Waals surface area contributed by atoms with E-state index in [0.717, 1.165) is 0 Å². The number of ether oxygens (including phenoxy) is 2. The molecule has 0 unspecified atom stereocenters. The highest BCUT2D eigenvalue weighted by Gasteiger charge is 2.53. The van der Waals surface area contributed by atoms with E-state index in [0.29, 0.717) is 11.3 Å². The molecule has 0 spiro atoms. The molecule has 2 aromatic carbocycles. The van der Waals surface area contributed by atoms with Crippen LogP contribution in [0.25, 0.3) is 0 Å². The highest BCUT2D eigenvalue weighted by atomic mass is 16.6. The number of nitro groups is 1. The van der Waals surface area contributed by atoms with Crippen molar-refractivity contribution in [1.82, 2.24) is 0 Å². The van der Waals surface area contributed by atoms with Crippen molar-refractivity contribution in [3.05, 3.63) is 64.2 Å². The summed E-state index contributed by atoms with van der Waals surface area (Å²) >= 11 is 0. The minimum atomic E-state index is -1.34. The Labute approximate surface area is 166 Å². The normalized spacial score (nSPS) is 18.6. The predicted molar refractivity (Wildman–Crippen MR) is 101 cm³/mol. The number of rotatable bonds is 6. The Balaban J connectivity index is 2.10. The third-order valence-electron chi connectivity index (χ3n) is 4.64. The molecule has 0 bridgehead atoms. The first kappa shape index (κ1) is 20.0. The molecule has 0 saturated carbocycles. The van der Waals surface area contributed by atoms with E-state index >= 15 is 0 Å². The monoisotopic (exact) mass is 398 g/mol. The molecule has 1 amide bonds. The molecule has 2 atom stereocenters. The summed E-state index contributed by atoms with van der Waals surface area (Å²) in [6.07, 6.45) is 0. The third kappa shape index (κ3) is 3.66. The molecule has 9 heteroatoms. The Kier molecular flexibility index (Phi) is 5.58. The lowest BCUT2D eigenvalue weighted by atomic mass is 9.92. The van der Waals surface area contributed by atoms with Crippen molar-refractivity contribution < 1.29 is 28.8 Å². The van der Waals surface area contributed by atoms with Gasteiger partial charge in [-0.1, -0.05) is 12.1 Å². The number of benzene rings is 2. The number of carbonyl (C=O) groups is 3. The maximum Gasteiger partial charge on any atom is 0.319 e. The van der Waals surface area contributed by atoms with Crippen molar-refractivity contribution in [2.75, 3.05) is 18.6 Å². The number of non-ortho nitro benzene ring substituents is 1. The van der Waals surface area contributed by atoms with Crippen molar-refractivity contribution in [2.24, 2.45) is 5.92 Å². The van der Waals surface area contributed by atoms with Crippen molar-refractivity contribution in [3.8, 4) is 5.75 Å². The maximum absolute atomic E-state index is 12.8. The van der Waals surface area contributed by atoms with Crippen LogP contribution in [0.3, 0.4) is 0 Å². The van der Waals surface area contributed by atoms with Crippen LogP contribution in [0.1, 0.15) is 18.5 Å². The van der Waals surface area contributed by atoms with Gasteiger partial charge in [0.1, 0.15) is 11.7 Å². The van der Waals surface area contributed by atoms with Crippen LogP contribution in [-0.2, 0) is 19.1 Å². The fourth-order valence-corrected chi connectivity index (χ4v) is 3.29. The molecule has 150 valence electrons. The second-order valence-electron chi connectivity index (χ2n) is 6.26. The van der Waals surface area contributed by atoms with E-state index in [1.165, 1.54) is 36.3 Å². The maximum atomic E-state index is 12.8. The molecule has 0 radical (unpaired) electrons. The lowest BCUT2D eigenvalue weighted by molar-refractivity contribution is -0.384. The third-order valence-corrected chi connectivity index (χ3v) is 4.64. The van der Waals surface area contributed by atoms with Crippen LogP contribution in [-0.4, -0.2) is 36.3 Å². The molecule has 1 aliphatic rings. The molecule has 9 nitrogen and oxygen atoms in total. The highest BCUT2D eigenvalue weighted by molar-refractivity contribution is 6.47. The van der Waals surface area contributed by atoms with Crippen LogP contribution in [0, 0.1) is 16.0 Å². The Morgan fingerprint density at radius 3 is 2.24 bits per heavy atom.